The predicted molar refractivity (Wildman–Crippen MR) is 106 cm³/mol. The smallest absolute Gasteiger partial charge is 0.326 e. The summed E-state index contributed by atoms with van der Waals surface area (Å²) in [5.74, 6) is -0.104. The maximum atomic E-state index is 12.5. The van der Waals surface area contributed by atoms with Gasteiger partial charge in [-0.3, -0.25) is 19.3 Å². The second-order valence-corrected chi connectivity index (χ2v) is 7.62. The van der Waals surface area contributed by atoms with Crippen LogP contribution in [0.15, 0.2) is 21.5 Å². The van der Waals surface area contributed by atoms with Crippen molar-refractivity contribution in [1.82, 2.24) is 4.90 Å². The van der Waals surface area contributed by atoms with Gasteiger partial charge >= 0.3 is 5.97 Å². The van der Waals surface area contributed by atoms with E-state index in [1.807, 2.05) is 6.92 Å². The van der Waals surface area contributed by atoms with E-state index in [2.05, 4.69) is 15.9 Å². The van der Waals surface area contributed by atoms with Gasteiger partial charge in [-0.15, -0.1) is 0 Å². The molecule has 1 saturated heterocycles. The highest BCUT2D eigenvalue weighted by atomic mass is 79.9. The van der Waals surface area contributed by atoms with Gasteiger partial charge in [-0.1, -0.05) is 0 Å². The number of imide groups is 1. The quantitative estimate of drug-likeness (QED) is 0.454. The highest BCUT2D eigenvalue weighted by Gasteiger charge is 2.36. The lowest BCUT2D eigenvalue weighted by molar-refractivity contribution is -0.149. The Hall–Kier alpha value is -2.00. The topological polar surface area (TPSA) is 82.1 Å². The molecule has 7 nitrogen and oxygen atoms in total. The number of methoxy groups -OCH3 is 1. The Morgan fingerprint density at radius 2 is 2.04 bits per heavy atom. The monoisotopic (exact) mass is 457 g/mol. The van der Waals surface area contributed by atoms with Gasteiger partial charge in [-0.2, -0.15) is 0 Å². The van der Waals surface area contributed by atoms with Gasteiger partial charge in [-0.05, 0) is 72.2 Å². The van der Waals surface area contributed by atoms with Gasteiger partial charge in [0.2, 0.25) is 0 Å². The molecule has 1 fully saturated rings. The zero-order valence-electron chi connectivity index (χ0n) is 15.4. The van der Waals surface area contributed by atoms with Crippen molar-refractivity contribution < 1.29 is 28.6 Å². The molecule has 1 aromatic rings. The first-order valence-corrected chi connectivity index (χ1v) is 9.82. The van der Waals surface area contributed by atoms with Crippen LogP contribution in [0.3, 0.4) is 0 Å². The molecule has 0 unspecified atom stereocenters. The molecule has 0 N–H and O–H groups in total. The number of carbonyl (C=O) groups is 3. The maximum absolute atomic E-state index is 12.5. The fourth-order valence-electron chi connectivity index (χ4n) is 2.32. The lowest BCUT2D eigenvalue weighted by Crippen LogP contribution is -2.35. The third-order valence-corrected chi connectivity index (χ3v) is 4.86. The zero-order chi connectivity index (χ0) is 20.1. The summed E-state index contributed by atoms with van der Waals surface area (Å²) in [7, 11) is 1.52. The Morgan fingerprint density at radius 1 is 1.33 bits per heavy atom. The average molecular weight is 458 g/mol. The van der Waals surface area contributed by atoms with Crippen LogP contribution in [0, 0.1) is 0 Å². The summed E-state index contributed by atoms with van der Waals surface area (Å²) in [5.41, 5.74) is 0.650. The Labute approximate surface area is 170 Å². The third-order valence-electron chi connectivity index (χ3n) is 3.37. The standard InChI is InChI=1S/C18H20BrNO6S/c1-5-25-16-12(19)6-11(7-13(16)24-4)8-14-17(22)20(18(23)27-14)9-15(21)26-10(2)3/h6-8,10H,5,9H2,1-4H3/b14-8+. The molecule has 0 radical (unpaired) electrons. The van der Waals surface area contributed by atoms with Crippen LogP contribution in [-0.4, -0.2) is 48.4 Å². The number of halogens is 1. The van der Waals surface area contributed by atoms with Gasteiger partial charge in [0.25, 0.3) is 11.1 Å². The number of esters is 1. The fourth-order valence-corrected chi connectivity index (χ4v) is 3.74. The molecular formula is C18H20BrNO6S. The van der Waals surface area contributed by atoms with Gasteiger partial charge < -0.3 is 14.2 Å². The molecule has 27 heavy (non-hydrogen) atoms. The molecule has 0 aliphatic carbocycles. The normalized spacial score (nSPS) is 15.6. The molecule has 2 rings (SSSR count). The van der Waals surface area contributed by atoms with E-state index in [-0.39, 0.29) is 11.0 Å². The lowest BCUT2D eigenvalue weighted by atomic mass is 10.2. The van der Waals surface area contributed by atoms with Crippen molar-refractivity contribution in [2.45, 2.75) is 26.9 Å². The number of rotatable bonds is 7. The highest BCUT2D eigenvalue weighted by molar-refractivity contribution is 9.10. The van der Waals surface area contributed by atoms with Crippen molar-refractivity contribution in [2.24, 2.45) is 0 Å². The molecule has 0 bridgehead atoms. The summed E-state index contributed by atoms with van der Waals surface area (Å²) in [4.78, 5) is 37.4. The molecule has 1 aliphatic rings. The van der Waals surface area contributed by atoms with E-state index in [1.165, 1.54) is 7.11 Å². The van der Waals surface area contributed by atoms with Crippen molar-refractivity contribution >= 4 is 50.9 Å². The fraction of sp³-hybridized carbons (Fsp3) is 0.389. The van der Waals surface area contributed by atoms with Crippen LogP contribution >= 0.6 is 27.7 Å². The molecule has 1 aromatic carbocycles. The number of carbonyl (C=O) groups excluding carboxylic acids is 3. The largest absolute Gasteiger partial charge is 0.493 e. The molecule has 1 aliphatic heterocycles. The highest BCUT2D eigenvalue weighted by Crippen LogP contribution is 2.39. The van der Waals surface area contributed by atoms with E-state index in [1.54, 1.807) is 32.1 Å². The number of hydrogen-bond acceptors (Lipinski definition) is 7. The molecule has 1 heterocycles. The van der Waals surface area contributed by atoms with E-state index in [0.717, 1.165) is 16.7 Å². The molecule has 9 heteroatoms. The average Bonchev–Trinajstić information content (AvgIpc) is 2.83. The van der Waals surface area contributed by atoms with Gasteiger partial charge in [0.05, 0.1) is 29.2 Å². The van der Waals surface area contributed by atoms with Crippen molar-refractivity contribution in [1.29, 1.82) is 0 Å². The van der Waals surface area contributed by atoms with Gasteiger partial charge in [0.15, 0.2) is 11.5 Å². The van der Waals surface area contributed by atoms with Gasteiger partial charge in [0, 0.05) is 0 Å². The Balaban J connectivity index is 2.25. The predicted octanol–water partition coefficient (Wildman–Crippen LogP) is 3.84. The number of benzene rings is 1. The minimum Gasteiger partial charge on any atom is -0.493 e. The van der Waals surface area contributed by atoms with Crippen LogP contribution in [0.2, 0.25) is 0 Å². The molecular weight excluding hydrogens is 438 g/mol. The summed E-state index contributed by atoms with van der Waals surface area (Å²) in [6, 6.07) is 3.46. The van der Waals surface area contributed by atoms with Gasteiger partial charge in [-0.25, -0.2) is 0 Å². The van der Waals surface area contributed by atoms with E-state index in [0.29, 0.717) is 28.1 Å². The first-order valence-electron chi connectivity index (χ1n) is 8.22. The van der Waals surface area contributed by atoms with Crippen LogP contribution in [0.4, 0.5) is 4.79 Å². The molecule has 2 amide bonds. The second-order valence-electron chi connectivity index (χ2n) is 5.77. The number of hydrogen-bond donors (Lipinski definition) is 0. The van der Waals surface area contributed by atoms with Crippen LogP contribution in [0.5, 0.6) is 11.5 Å². The lowest BCUT2D eigenvalue weighted by Gasteiger charge is -2.13. The molecule has 0 saturated carbocycles. The zero-order valence-corrected chi connectivity index (χ0v) is 17.8. The number of nitrogens with zero attached hydrogens (tertiary/aromatic N) is 1. The molecule has 0 aromatic heterocycles. The van der Waals surface area contributed by atoms with Gasteiger partial charge in [0.1, 0.15) is 6.54 Å². The minimum absolute atomic E-state index is 0.218. The third kappa shape index (κ3) is 5.26. The summed E-state index contributed by atoms with van der Waals surface area (Å²) in [6.45, 7) is 5.32. The summed E-state index contributed by atoms with van der Waals surface area (Å²) < 4.78 is 16.5. The van der Waals surface area contributed by atoms with E-state index in [4.69, 9.17) is 14.2 Å². The van der Waals surface area contributed by atoms with E-state index >= 15 is 0 Å². The van der Waals surface area contributed by atoms with Crippen molar-refractivity contribution in [3.63, 3.8) is 0 Å². The number of amides is 2. The summed E-state index contributed by atoms with van der Waals surface area (Å²) in [6.07, 6.45) is 1.25. The van der Waals surface area contributed by atoms with Crippen molar-refractivity contribution in [3.05, 3.63) is 27.1 Å². The Bertz CT molecular complexity index is 792. The Kier molecular flexibility index (Phi) is 7.32. The Morgan fingerprint density at radius 3 is 2.63 bits per heavy atom. The molecule has 0 spiro atoms. The van der Waals surface area contributed by atoms with E-state index in [9.17, 15) is 14.4 Å². The molecule has 146 valence electrons. The first kappa shape index (κ1) is 21.3. The van der Waals surface area contributed by atoms with Crippen molar-refractivity contribution in [2.75, 3.05) is 20.3 Å². The minimum atomic E-state index is -0.626. The maximum Gasteiger partial charge on any atom is 0.326 e. The van der Waals surface area contributed by atoms with E-state index < -0.39 is 23.7 Å². The van der Waals surface area contributed by atoms with Crippen LogP contribution < -0.4 is 9.47 Å². The number of thioether (sulfide) groups is 1. The number of ether oxygens (including phenoxy) is 3. The van der Waals surface area contributed by atoms with Crippen LogP contribution in [0.1, 0.15) is 26.3 Å². The van der Waals surface area contributed by atoms with Crippen LogP contribution in [-0.2, 0) is 14.3 Å². The second kappa shape index (κ2) is 9.27. The van der Waals surface area contributed by atoms with Crippen LogP contribution in [0.25, 0.3) is 6.08 Å². The van der Waals surface area contributed by atoms with Crippen molar-refractivity contribution in [3.8, 4) is 11.5 Å². The first-order chi connectivity index (χ1) is 12.8. The SMILES string of the molecule is CCOc1c(Br)cc(/C=C2/SC(=O)N(CC(=O)OC(C)C)C2=O)cc1OC. The summed E-state index contributed by atoms with van der Waals surface area (Å²) in [5, 5.41) is -0.510. The molecule has 0 atom stereocenters. The summed E-state index contributed by atoms with van der Waals surface area (Å²) >= 11 is 4.19.